The number of nitrogens with zero attached hydrogens (tertiary/aromatic N) is 2. The predicted molar refractivity (Wildman–Crippen MR) is 74.2 cm³/mol. The molecule has 1 aliphatic rings. The zero-order valence-corrected chi connectivity index (χ0v) is 11.8. The van der Waals surface area contributed by atoms with Crippen molar-refractivity contribution in [1.82, 2.24) is 4.98 Å². The SMILES string of the molecule is O=C(O)c1cc(Br)cnc1N1CCCCCCC1. The third-order valence-corrected chi connectivity index (χ3v) is 3.65. The van der Waals surface area contributed by atoms with Crippen molar-refractivity contribution >= 4 is 27.7 Å². The standard InChI is InChI=1S/C13H17BrN2O2/c14-10-8-11(13(17)18)12(15-9-10)16-6-4-2-1-3-5-7-16/h8-9H,1-7H2,(H,17,18). The predicted octanol–water partition coefficient (Wildman–Crippen LogP) is 3.31. The van der Waals surface area contributed by atoms with Gasteiger partial charge in [0, 0.05) is 23.8 Å². The van der Waals surface area contributed by atoms with E-state index in [1.54, 1.807) is 12.3 Å². The van der Waals surface area contributed by atoms with Gasteiger partial charge in [-0.3, -0.25) is 0 Å². The number of rotatable bonds is 2. The van der Waals surface area contributed by atoms with E-state index in [0.29, 0.717) is 10.3 Å². The van der Waals surface area contributed by atoms with Crippen LogP contribution in [0.3, 0.4) is 0 Å². The van der Waals surface area contributed by atoms with Crippen molar-refractivity contribution in [1.29, 1.82) is 0 Å². The maximum atomic E-state index is 11.3. The molecule has 18 heavy (non-hydrogen) atoms. The highest BCUT2D eigenvalue weighted by molar-refractivity contribution is 9.10. The third kappa shape index (κ3) is 3.22. The first-order chi connectivity index (χ1) is 8.68. The number of carboxylic acid groups (broad SMARTS) is 1. The van der Waals surface area contributed by atoms with E-state index in [1.165, 1.54) is 19.3 Å². The van der Waals surface area contributed by atoms with E-state index >= 15 is 0 Å². The molecule has 1 aromatic heterocycles. The van der Waals surface area contributed by atoms with Gasteiger partial charge < -0.3 is 10.0 Å². The number of aromatic nitrogens is 1. The van der Waals surface area contributed by atoms with Gasteiger partial charge in [0.05, 0.1) is 0 Å². The van der Waals surface area contributed by atoms with Crippen LogP contribution in [0.2, 0.25) is 0 Å². The fraction of sp³-hybridized carbons (Fsp3) is 0.538. The Labute approximate surface area is 115 Å². The van der Waals surface area contributed by atoms with Gasteiger partial charge in [0.15, 0.2) is 0 Å². The van der Waals surface area contributed by atoms with Crippen LogP contribution in [0.15, 0.2) is 16.7 Å². The van der Waals surface area contributed by atoms with Crippen LogP contribution in [0.5, 0.6) is 0 Å². The van der Waals surface area contributed by atoms with Gasteiger partial charge in [-0.05, 0) is 34.8 Å². The molecule has 0 spiro atoms. The van der Waals surface area contributed by atoms with Crippen LogP contribution in [-0.2, 0) is 0 Å². The second-order valence-electron chi connectivity index (χ2n) is 4.58. The van der Waals surface area contributed by atoms with Crippen molar-refractivity contribution < 1.29 is 9.90 Å². The molecule has 1 saturated heterocycles. The molecule has 1 N–H and O–H groups in total. The van der Waals surface area contributed by atoms with E-state index < -0.39 is 5.97 Å². The van der Waals surface area contributed by atoms with Crippen LogP contribution in [0, 0.1) is 0 Å². The molecule has 2 rings (SSSR count). The molecular weight excluding hydrogens is 296 g/mol. The first-order valence-electron chi connectivity index (χ1n) is 6.32. The van der Waals surface area contributed by atoms with Gasteiger partial charge in [0.2, 0.25) is 0 Å². The van der Waals surface area contributed by atoms with E-state index in [2.05, 4.69) is 25.8 Å². The summed E-state index contributed by atoms with van der Waals surface area (Å²) >= 11 is 3.27. The Morgan fingerprint density at radius 1 is 1.22 bits per heavy atom. The maximum Gasteiger partial charge on any atom is 0.339 e. The molecule has 2 heterocycles. The van der Waals surface area contributed by atoms with Gasteiger partial charge in [0.1, 0.15) is 11.4 Å². The second kappa shape index (κ2) is 6.18. The zero-order valence-electron chi connectivity index (χ0n) is 10.2. The second-order valence-corrected chi connectivity index (χ2v) is 5.50. The fourth-order valence-electron chi connectivity index (χ4n) is 2.30. The Morgan fingerprint density at radius 2 is 1.83 bits per heavy atom. The highest BCUT2D eigenvalue weighted by atomic mass is 79.9. The zero-order chi connectivity index (χ0) is 13.0. The average Bonchev–Trinajstić information content (AvgIpc) is 2.29. The van der Waals surface area contributed by atoms with Crippen LogP contribution in [-0.4, -0.2) is 29.1 Å². The highest BCUT2D eigenvalue weighted by Crippen LogP contribution is 2.24. The molecule has 0 aliphatic carbocycles. The Kier molecular flexibility index (Phi) is 4.58. The van der Waals surface area contributed by atoms with Gasteiger partial charge in [-0.1, -0.05) is 19.3 Å². The van der Waals surface area contributed by atoms with Crippen molar-refractivity contribution in [2.75, 3.05) is 18.0 Å². The highest BCUT2D eigenvalue weighted by Gasteiger charge is 2.18. The fourth-order valence-corrected chi connectivity index (χ4v) is 2.63. The topological polar surface area (TPSA) is 53.4 Å². The first-order valence-corrected chi connectivity index (χ1v) is 7.11. The Morgan fingerprint density at radius 3 is 2.44 bits per heavy atom. The summed E-state index contributed by atoms with van der Waals surface area (Å²) in [6.45, 7) is 1.80. The van der Waals surface area contributed by atoms with E-state index in [1.807, 2.05) is 0 Å². The molecule has 0 saturated carbocycles. The minimum Gasteiger partial charge on any atom is -0.478 e. The van der Waals surface area contributed by atoms with Crippen molar-refractivity contribution in [2.45, 2.75) is 32.1 Å². The minimum absolute atomic E-state index is 0.282. The van der Waals surface area contributed by atoms with Gasteiger partial charge in [-0.25, -0.2) is 9.78 Å². The van der Waals surface area contributed by atoms with Gasteiger partial charge >= 0.3 is 5.97 Å². The largest absolute Gasteiger partial charge is 0.478 e. The molecule has 1 aliphatic heterocycles. The molecule has 0 aromatic carbocycles. The summed E-state index contributed by atoms with van der Waals surface area (Å²) in [6.07, 6.45) is 7.60. The van der Waals surface area contributed by atoms with E-state index in [0.717, 1.165) is 25.9 Å². The Hall–Kier alpha value is -1.10. The van der Waals surface area contributed by atoms with Gasteiger partial charge in [-0.2, -0.15) is 0 Å². The van der Waals surface area contributed by atoms with Crippen molar-refractivity contribution in [3.63, 3.8) is 0 Å². The summed E-state index contributed by atoms with van der Waals surface area (Å²) in [6, 6.07) is 1.63. The van der Waals surface area contributed by atoms with Crippen molar-refractivity contribution in [3.05, 3.63) is 22.3 Å². The number of carboxylic acids is 1. The number of hydrogen-bond acceptors (Lipinski definition) is 3. The lowest BCUT2D eigenvalue weighted by molar-refractivity contribution is 0.0697. The Bertz CT molecular complexity index is 429. The summed E-state index contributed by atoms with van der Waals surface area (Å²) < 4.78 is 0.704. The molecule has 0 amide bonds. The van der Waals surface area contributed by atoms with E-state index in [4.69, 9.17) is 0 Å². The molecule has 4 nitrogen and oxygen atoms in total. The van der Waals surface area contributed by atoms with Gasteiger partial charge in [0.25, 0.3) is 0 Å². The molecular formula is C13H17BrN2O2. The van der Waals surface area contributed by atoms with Gasteiger partial charge in [-0.15, -0.1) is 0 Å². The van der Waals surface area contributed by atoms with Crippen LogP contribution < -0.4 is 4.90 Å². The van der Waals surface area contributed by atoms with Crippen LogP contribution >= 0.6 is 15.9 Å². The van der Waals surface area contributed by atoms with E-state index in [9.17, 15) is 9.90 Å². The number of anilines is 1. The number of aromatic carboxylic acids is 1. The lowest BCUT2D eigenvalue weighted by atomic mass is 10.1. The monoisotopic (exact) mass is 312 g/mol. The maximum absolute atomic E-state index is 11.3. The Balaban J connectivity index is 2.27. The number of pyridine rings is 1. The van der Waals surface area contributed by atoms with Crippen LogP contribution in [0.1, 0.15) is 42.5 Å². The molecule has 0 bridgehead atoms. The third-order valence-electron chi connectivity index (χ3n) is 3.22. The van der Waals surface area contributed by atoms with Crippen molar-refractivity contribution in [2.24, 2.45) is 0 Å². The first kappa shape index (κ1) is 13.3. The molecule has 5 heteroatoms. The molecule has 1 aromatic rings. The van der Waals surface area contributed by atoms with E-state index in [-0.39, 0.29) is 5.56 Å². The number of carbonyl (C=O) groups is 1. The quantitative estimate of drug-likeness (QED) is 0.910. The summed E-state index contributed by atoms with van der Waals surface area (Å²) in [7, 11) is 0. The minimum atomic E-state index is -0.916. The molecule has 0 atom stereocenters. The lowest BCUT2D eigenvalue weighted by Gasteiger charge is -2.26. The normalized spacial score (nSPS) is 17.1. The molecule has 0 unspecified atom stereocenters. The average molecular weight is 313 g/mol. The summed E-state index contributed by atoms with van der Waals surface area (Å²) in [5.74, 6) is -0.312. The summed E-state index contributed by atoms with van der Waals surface area (Å²) in [5.41, 5.74) is 0.282. The van der Waals surface area contributed by atoms with Crippen LogP contribution in [0.4, 0.5) is 5.82 Å². The number of hydrogen-bond donors (Lipinski definition) is 1. The number of halogens is 1. The molecule has 0 radical (unpaired) electrons. The van der Waals surface area contributed by atoms with Crippen molar-refractivity contribution in [3.8, 4) is 0 Å². The molecule has 98 valence electrons. The summed E-state index contributed by atoms with van der Waals surface area (Å²) in [5, 5.41) is 9.26. The molecule has 1 fully saturated rings. The van der Waals surface area contributed by atoms with Crippen LogP contribution in [0.25, 0.3) is 0 Å². The smallest absolute Gasteiger partial charge is 0.339 e. The summed E-state index contributed by atoms with van der Waals surface area (Å²) in [4.78, 5) is 17.7. The lowest BCUT2D eigenvalue weighted by Crippen LogP contribution is -2.29.